The zero-order valence-corrected chi connectivity index (χ0v) is 17.5. The summed E-state index contributed by atoms with van der Waals surface area (Å²) in [5.74, 6) is -3.27. The van der Waals surface area contributed by atoms with Gasteiger partial charge in [-0.2, -0.15) is 0 Å². The first-order valence-corrected chi connectivity index (χ1v) is 12.7. The summed E-state index contributed by atoms with van der Waals surface area (Å²) in [6, 6.07) is 35.9. The predicted octanol–water partition coefficient (Wildman–Crippen LogP) is 5.57. The van der Waals surface area contributed by atoms with Crippen molar-refractivity contribution >= 4 is 33.1 Å². The average Bonchev–Trinajstić information content (AvgIpc) is 2.77. The van der Waals surface area contributed by atoms with Crippen molar-refractivity contribution < 1.29 is 0 Å². The van der Waals surface area contributed by atoms with Crippen molar-refractivity contribution in [3.05, 3.63) is 121 Å². The van der Waals surface area contributed by atoms with E-state index < -0.39 is 5.96 Å². The molecular weight excluding hydrogens is 381 g/mol. The summed E-state index contributed by atoms with van der Waals surface area (Å²) in [6.07, 6.45) is 2.69. The van der Waals surface area contributed by atoms with Gasteiger partial charge in [-0.25, -0.2) is 0 Å². The van der Waals surface area contributed by atoms with Crippen LogP contribution in [0.5, 0.6) is 0 Å². The molecule has 0 spiro atoms. The van der Waals surface area contributed by atoms with Crippen molar-refractivity contribution in [1.29, 1.82) is 0 Å². The number of aromatic nitrogens is 1. The quantitative estimate of drug-likeness (QED) is 0.397. The summed E-state index contributed by atoms with van der Waals surface area (Å²) in [6.45, 7) is 2.01. The number of hydrogen-bond donors (Lipinski definition) is 0. The van der Waals surface area contributed by atoms with Crippen molar-refractivity contribution in [2.75, 3.05) is 0 Å². The molecule has 0 N–H and O–H groups in total. The molecule has 28 heavy (non-hydrogen) atoms. The molecule has 0 aliphatic carbocycles. The van der Waals surface area contributed by atoms with E-state index in [0.717, 1.165) is 17.4 Å². The number of hydrogen-bond acceptors (Lipinski definition) is 1. The van der Waals surface area contributed by atoms with Crippen LogP contribution >= 0.6 is 17.2 Å². The number of benzene rings is 3. The number of halogens is 1. The third kappa shape index (κ3) is 3.15. The Bertz CT molecular complexity index is 949. The fourth-order valence-electron chi connectivity index (χ4n) is 3.87. The Balaban J connectivity index is 2.07. The Morgan fingerprint density at radius 2 is 1.07 bits per heavy atom. The molecule has 0 aliphatic heterocycles. The fraction of sp³-hybridized carbons (Fsp3) is 0.0800. The fourth-order valence-corrected chi connectivity index (χ4v) is 10.00. The van der Waals surface area contributed by atoms with Crippen molar-refractivity contribution in [3.63, 3.8) is 0 Å². The summed E-state index contributed by atoms with van der Waals surface area (Å²) in [7, 11) is 0. The van der Waals surface area contributed by atoms with Gasteiger partial charge in [-0.3, -0.25) is 0 Å². The van der Waals surface area contributed by atoms with E-state index in [1.54, 1.807) is 0 Å². The molecule has 3 heteroatoms. The Morgan fingerprint density at radius 3 is 1.43 bits per heavy atom. The van der Waals surface area contributed by atoms with Gasteiger partial charge in [-0.1, -0.05) is 0 Å². The molecule has 1 aromatic heterocycles. The van der Waals surface area contributed by atoms with Crippen LogP contribution in [0.25, 0.3) is 0 Å². The van der Waals surface area contributed by atoms with Crippen molar-refractivity contribution in [2.45, 2.75) is 13.1 Å². The van der Waals surface area contributed by atoms with Crippen molar-refractivity contribution in [2.24, 2.45) is 0 Å². The number of pyridine rings is 1. The molecule has 0 fully saturated rings. The molecular formula is C25H23ClNP. The zero-order valence-electron chi connectivity index (χ0n) is 15.9. The Labute approximate surface area is 171 Å². The minimum atomic E-state index is -3.27. The molecule has 1 nitrogen and oxygen atoms in total. The van der Waals surface area contributed by atoms with Crippen LogP contribution in [0.3, 0.4) is 0 Å². The molecule has 3 aromatic carbocycles. The van der Waals surface area contributed by atoms with E-state index in [2.05, 4.69) is 89.9 Å². The molecule has 0 saturated heterocycles. The van der Waals surface area contributed by atoms with Gasteiger partial charge in [0.15, 0.2) is 0 Å². The second-order valence-corrected chi connectivity index (χ2v) is 13.6. The molecule has 0 bridgehead atoms. The van der Waals surface area contributed by atoms with Crippen molar-refractivity contribution in [1.82, 2.24) is 4.98 Å². The third-order valence-corrected chi connectivity index (χ3v) is 12.5. The van der Waals surface area contributed by atoms with Crippen molar-refractivity contribution in [3.8, 4) is 0 Å². The summed E-state index contributed by atoms with van der Waals surface area (Å²) >= 11 is 8.05. The predicted molar refractivity (Wildman–Crippen MR) is 124 cm³/mol. The Morgan fingerprint density at radius 1 is 0.643 bits per heavy atom. The van der Waals surface area contributed by atoms with E-state index in [1.807, 2.05) is 31.3 Å². The number of aryl methyl sites for hydroxylation is 1. The minimum absolute atomic E-state index is 0.721. The summed E-state index contributed by atoms with van der Waals surface area (Å²) in [5.41, 5.74) is 2.16. The van der Waals surface area contributed by atoms with Crippen LogP contribution in [0, 0.1) is 6.92 Å². The molecule has 4 rings (SSSR count). The number of nitrogens with zero attached hydrogens (tertiary/aromatic N) is 1. The van der Waals surface area contributed by atoms with Gasteiger partial charge < -0.3 is 0 Å². The molecule has 0 saturated carbocycles. The van der Waals surface area contributed by atoms with E-state index in [1.165, 1.54) is 15.9 Å². The number of rotatable bonds is 5. The van der Waals surface area contributed by atoms with Crippen LogP contribution in [-0.2, 0) is 6.16 Å². The van der Waals surface area contributed by atoms with E-state index >= 15 is 0 Å². The van der Waals surface area contributed by atoms with Crippen LogP contribution in [0.2, 0.25) is 0 Å². The van der Waals surface area contributed by atoms with Crippen LogP contribution < -0.4 is 15.9 Å². The van der Waals surface area contributed by atoms with Crippen LogP contribution in [0.4, 0.5) is 0 Å². The molecule has 1 heterocycles. The Hall–Kier alpha value is -2.47. The van der Waals surface area contributed by atoms with Gasteiger partial charge in [0.25, 0.3) is 0 Å². The van der Waals surface area contributed by atoms with Gasteiger partial charge in [-0.05, 0) is 0 Å². The maximum atomic E-state index is 8.05. The summed E-state index contributed by atoms with van der Waals surface area (Å²) in [4.78, 5) is 4.54. The zero-order chi connectivity index (χ0) is 19.5. The van der Waals surface area contributed by atoms with Crippen LogP contribution in [-0.4, -0.2) is 4.98 Å². The second-order valence-electron chi connectivity index (χ2n) is 7.16. The van der Waals surface area contributed by atoms with Gasteiger partial charge in [0, 0.05) is 0 Å². The second kappa shape index (κ2) is 7.51. The average molecular weight is 404 g/mol. The first kappa shape index (κ1) is 18.9. The topological polar surface area (TPSA) is 12.9 Å². The van der Waals surface area contributed by atoms with Gasteiger partial charge in [-0.15, -0.1) is 0 Å². The van der Waals surface area contributed by atoms with Gasteiger partial charge in [0.05, 0.1) is 0 Å². The molecule has 140 valence electrons. The molecule has 0 atom stereocenters. The summed E-state index contributed by atoms with van der Waals surface area (Å²) in [5, 5.41) is 3.52. The molecule has 0 radical (unpaired) electrons. The standard InChI is InChI=1S/C25H23ClNP/c1-21-17-18-22(19-27-21)20-28(26,23-11-5-2-6-12-23,24-13-7-3-8-14-24)25-15-9-4-10-16-25/h2-19H,20H2,1H3. The monoisotopic (exact) mass is 403 g/mol. The molecule has 4 aromatic rings. The molecule has 0 amide bonds. The third-order valence-electron chi connectivity index (χ3n) is 5.34. The SMILES string of the molecule is Cc1ccc(CP(Cl)(c2ccccc2)(c2ccccc2)c2ccccc2)cn1. The van der Waals surface area contributed by atoms with Crippen LogP contribution in [0.1, 0.15) is 11.3 Å². The summed E-state index contributed by atoms with van der Waals surface area (Å²) < 4.78 is 0. The normalized spacial score (nSPS) is 12.9. The Kier molecular flexibility index (Phi) is 5.06. The van der Waals surface area contributed by atoms with Crippen LogP contribution in [0.15, 0.2) is 109 Å². The van der Waals surface area contributed by atoms with E-state index in [-0.39, 0.29) is 0 Å². The van der Waals surface area contributed by atoms with E-state index in [0.29, 0.717) is 0 Å². The molecule has 0 unspecified atom stereocenters. The van der Waals surface area contributed by atoms with E-state index in [9.17, 15) is 0 Å². The van der Waals surface area contributed by atoms with Gasteiger partial charge in [0.2, 0.25) is 0 Å². The molecule has 0 aliphatic rings. The maximum absolute atomic E-state index is 8.05. The van der Waals surface area contributed by atoms with Gasteiger partial charge >= 0.3 is 172 Å². The van der Waals surface area contributed by atoms with Gasteiger partial charge in [0.1, 0.15) is 0 Å². The first-order valence-electron chi connectivity index (χ1n) is 9.42. The van der Waals surface area contributed by atoms with E-state index in [4.69, 9.17) is 11.2 Å². The first-order chi connectivity index (χ1) is 13.6.